The summed E-state index contributed by atoms with van der Waals surface area (Å²) in [5.41, 5.74) is 8.75. The number of fused-ring (bicyclic) bond motifs is 1. The third-order valence-corrected chi connectivity index (χ3v) is 9.92. The van der Waals surface area contributed by atoms with Crippen LogP contribution >= 0.6 is 11.3 Å². The summed E-state index contributed by atoms with van der Waals surface area (Å²) in [6.07, 6.45) is 4.97. The Labute approximate surface area is 304 Å². The first-order valence-corrected chi connectivity index (χ1v) is 18.2. The molecule has 0 saturated carbocycles. The first-order valence-electron chi connectivity index (χ1n) is 17.4. The number of likely N-dealkylation sites (N-methyl/N-ethyl adjacent to an activating group) is 1. The number of carbonyl (C=O) groups excluding carboxylic acids is 4. The van der Waals surface area contributed by atoms with Gasteiger partial charge in [-0.1, -0.05) is 72.8 Å². The molecule has 1 aliphatic rings. The lowest BCUT2D eigenvalue weighted by atomic mass is 9.90. The molecule has 1 saturated heterocycles. The number of piperidine rings is 1. The second kappa shape index (κ2) is 20.0. The van der Waals surface area contributed by atoms with Crippen LogP contribution in [0.3, 0.4) is 0 Å². The highest BCUT2D eigenvalue weighted by atomic mass is 32.1. The number of aromatic nitrogens is 1. The number of para-hydroxylation sites is 1. The smallest absolute Gasteiger partial charge is 0.237 e. The van der Waals surface area contributed by atoms with E-state index in [9.17, 15) is 14.4 Å². The number of amides is 2. The van der Waals surface area contributed by atoms with E-state index in [-0.39, 0.29) is 36.0 Å². The molecule has 270 valence electrons. The maximum absolute atomic E-state index is 13.9. The molecular weight excluding hydrogens is 663 g/mol. The summed E-state index contributed by atoms with van der Waals surface area (Å²) in [7, 11) is 1.77. The number of Topliss-reactive ketones (excluding diaryl/α,β-unsaturated/α-hetero) is 1. The van der Waals surface area contributed by atoms with Crippen molar-refractivity contribution in [2.75, 3.05) is 33.2 Å². The van der Waals surface area contributed by atoms with Crippen LogP contribution in [0.15, 0.2) is 84.9 Å². The van der Waals surface area contributed by atoms with Crippen LogP contribution in [0.4, 0.5) is 0 Å². The van der Waals surface area contributed by atoms with Crippen LogP contribution in [0.25, 0.3) is 10.2 Å². The summed E-state index contributed by atoms with van der Waals surface area (Å²) >= 11 is 1.32. The maximum Gasteiger partial charge on any atom is 0.237 e. The summed E-state index contributed by atoms with van der Waals surface area (Å²) in [5, 5.41) is 14.3. The van der Waals surface area contributed by atoms with Gasteiger partial charge in [-0.3, -0.25) is 24.7 Å². The molecule has 0 bridgehead atoms. The molecule has 2 heterocycles. The predicted molar refractivity (Wildman–Crippen MR) is 203 cm³/mol. The number of carbonyl (C=O) groups is 4. The van der Waals surface area contributed by atoms with Gasteiger partial charge in [0.1, 0.15) is 6.29 Å². The Hall–Kier alpha value is -4.94. The monoisotopic (exact) mass is 711 g/mol. The van der Waals surface area contributed by atoms with Crippen molar-refractivity contribution >= 4 is 51.4 Å². The Kier molecular flexibility index (Phi) is 15.3. The third-order valence-electron chi connectivity index (χ3n) is 8.87. The number of likely N-dealkylation sites (tertiary alicyclic amines) is 1. The molecule has 12 heteroatoms. The van der Waals surface area contributed by atoms with Crippen molar-refractivity contribution in [1.29, 1.82) is 5.41 Å². The molecule has 0 aliphatic carbocycles. The van der Waals surface area contributed by atoms with Crippen LogP contribution in [-0.2, 0) is 27.2 Å². The van der Waals surface area contributed by atoms with E-state index < -0.39 is 12.1 Å². The largest absolute Gasteiger partial charge is 0.370 e. The minimum atomic E-state index is -0.803. The van der Waals surface area contributed by atoms with Crippen LogP contribution in [0.1, 0.15) is 53.5 Å². The summed E-state index contributed by atoms with van der Waals surface area (Å²) in [6.45, 7) is 3.16. The van der Waals surface area contributed by atoms with Gasteiger partial charge in [0.05, 0.1) is 28.8 Å². The van der Waals surface area contributed by atoms with E-state index in [0.717, 1.165) is 47.7 Å². The first-order chi connectivity index (χ1) is 24.7. The van der Waals surface area contributed by atoms with Crippen molar-refractivity contribution in [2.24, 2.45) is 11.7 Å². The summed E-state index contributed by atoms with van der Waals surface area (Å²) in [6, 6.07) is 26.1. The van der Waals surface area contributed by atoms with Crippen LogP contribution in [-0.4, -0.2) is 89.9 Å². The Morgan fingerprint density at radius 2 is 1.69 bits per heavy atom. The zero-order chi connectivity index (χ0) is 36.6. The molecule has 3 atom stereocenters. The third kappa shape index (κ3) is 12.1. The van der Waals surface area contributed by atoms with Gasteiger partial charge in [0.25, 0.3) is 0 Å². The van der Waals surface area contributed by atoms with Crippen molar-refractivity contribution in [3.63, 3.8) is 0 Å². The Balaban J connectivity index is 0.00000188. The van der Waals surface area contributed by atoms with Crippen molar-refractivity contribution in [2.45, 2.75) is 57.5 Å². The Bertz CT molecular complexity index is 1700. The molecule has 11 nitrogen and oxygen atoms in total. The van der Waals surface area contributed by atoms with E-state index >= 15 is 0 Å². The van der Waals surface area contributed by atoms with Gasteiger partial charge < -0.3 is 26.1 Å². The number of nitrogens with two attached hydrogens (primary N) is 1. The number of ketones is 1. The molecule has 2 amide bonds. The highest BCUT2D eigenvalue weighted by molar-refractivity contribution is 7.20. The van der Waals surface area contributed by atoms with E-state index in [1.54, 1.807) is 11.9 Å². The molecule has 0 spiro atoms. The van der Waals surface area contributed by atoms with Crippen molar-refractivity contribution < 1.29 is 19.2 Å². The van der Waals surface area contributed by atoms with Gasteiger partial charge in [0.2, 0.25) is 17.6 Å². The van der Waals surface area contributed by atoms with Crippen LogP contribution in [0.2, 0.25) is 0 Å². The standard InChI is InChI=1S/C37H45N7O3S.C2H4O/c1-43(31(23-27-14-6-3-7-15-27)35(47)40-20-10-16-26-12-4-2-5-13-26)25-33(45)41-30(22-28-17-11-21-44(24-28)37(38)39)34(46)36-42-29-18-8-9-19-32(29)48-36;1-2-3/h2-9,12-15,18-19,28,30-31H,10-11,16-17,20-25H2,1H3,(H3,38,39)(H,40,47)(H,41,45);2H,1H3/t28?,30-,31?;/m0./s1. The zero-order valence-corrected chi connectivity index (χ0v) is 30.2. The molecule has 0 radical (unpaired) electrons. The molecule has 5 rings (SSSR count). The summed E-state index contributed by atoms with van der Waals surface area (Å²) in [5.74, 6) is -0.634. The number of aryl methyl sites for hydroxylation is 1. The lowest BCUT2D eigenvalue weighted by Gasteiger charge is -2.34. The van der Waals surface area contributed by atoms with Gasteiger partial charge in [-0.25, -0.2) is 4.98 Å². The Morgan fingerprint density at radius 3 is 2.35 bits per heavy atom. The fourth-order valence-electron chi connectivity index (χ4n) is 6.30. The number of guanidine groups is 1. The average molecular weight is 712 g/mol. The zero-order valence-electron chi connectivity index (χ0n) is 29.4. The van der Waals surface area contributed by atoms with Crippen molar-refractivity contribution in [3.8, 4) is 0 Å². The minimum Gasteiger partial charge on any atom is -0.370 e. The number of benzene rings is 3. The van der Waals surface area contributed by atoms with Crippen molar-refractivity contribution in [3.05, 3.63) is 101 Å². The normalized spacial score (nSPS) is 15.3. The van der Waals surface area contributed by atoms with Gasteiger partial charge >= 0.3 is 0 Å². The van der Waals surface area contributed by atoms with E-state index in [1.807, 2.05) is 77.7 Å². The lowest BCUT2D eigenvalue weighted by Crippen LogP contribution is -2.52. The van der Waals surface area contributed by atoms with E-state index in [4.69, 9.17) is 15.9 Å². The lowest BCUT2D eigenvalue weighted by molar-refractivity contribution is -0.128. The first kappa shape index (κ1) is 38.9. The van der Waals surface area contributed by atoms with E-state index in [1.165, 1.54) is 23.8 Å². The topological polar surface area (TPSA) is 162 Å². The number of hydrogen-bond donors (Lipinski definition) is 4. The van der Waals surface area contributed by atoms with Gasteiger partial charge in [-0.15, -0.1) is 11.3 Å². The van der Waals surface area contributed by atoms with Gasteiger partial charge in [-0.05, 0) is 81.7 Å². The Morgan fingerprint density at radius 1 is 1.04 bits per heavy atom. The fourth-order valence-corrected chi connectivity index (χ4v) is 7.26. The van der Waals surface area contributed by atoms with Crippen LogP contribution in [0.5, 0.6) is 0 Å². The minimum absolute atomic E-state index is 0.0159. The number of rotatable bonds is 15. The molecule has 1 fully saturated rings. The van der Waals surface area contributed by atoms with Gasteiger partial charge in [0, 0.05) is 19.6 Å². The second-order valence-corrected chi connectivity index (χ2v) is 13.8. The van der Waals surface area contributed by atoms with Crippen molar-refractivity contribution in [1.82, 2.24) is 25.4 Å². The number of aldehydes is 1. The van der Waals surface area contributed by atoms with E-state index in [0.29, 0.717) is 37.5 Å². The SMILES string of the molecule is CC=O.CN(CC(=O)N[C@@H](CC1CCCN(C(=N)N)C1)C(=O)c1nc2ccccc2s1)C(Cc1ccccc1)C(=O)NCCCc1ccccc1. The van der Waals surface area contributed by atoms with E-state index in [2.05, 4.69) is 27.8 Å². The van der Waals surface area contributed by atoms with Crippen LogP contribution in [0, 0.1) is 11.3 Å². The number of thiazole rings is 1. The highest BCUT2D eigenvalue weighted by Gasteiger charge is 2.32. The second-order valence-electron chi connectivity index (χ2n) is 12.8. The molecule has 4 aromatic rings. The number of hydrogen-bond acceptors (Lipinski definition) is 8. The molecule has 5 N–H and O–H groups in total. The number of nitrogens with one attached hydrogen (secondary N) is 3. The molecule has 1 aliphatic heterocycles. The molecule has 2 unspecified atom stereocenters. The summed E-state index contributed by atoms with van der Waals surface area (Å²) < 4.78 is 0.907. The highest BCUT2D eigenvalue weighted by Crippen LogP contribution is 2.26. The maximum atomic E-state index is 13.9. The average Bonchev–Trinajstić information content (AvgIpc) is 3.57. The predicted octanol–water partition coefficient (Wildman–Crippen LogP) is 4.46. The molecular formula is C39H49N7O4S. The van der Waals surface area contributed by atoms with Gasteiger partial charge in [-0.2, -0.15) is 0 Å². The number of nitrogens with zero attached hydrogens (tertiary/aromatic N) is 3. The van der Waals surface area contributed by atoms with Crippen LogP contribution < -0.4 is 16.4 Å². The van der Waals surface area contributed by atoms with Gasteiger partial charge in [0.15, 0.2) is 11.0 Å². The quantitative estimate of drug-likeness (QED) is 0.0462. The fraction of sp³-hybridized carbons (Fsp3) is 0.385. The molecule has 1 aromatic heterocycles. The molecule has 51 heavy (non-hydrogen) atoms. The molecule has 3 aromatic carbocycles. The summed E-state index contributed by atoms with van der Waals surface area (Å²) in [4.78, 5) is 58.1.